The first kappa shape index (κ1) is 21.4. The van der Waals surface area contributed by atoms with Crippen LogP contribution in [0.3, 0.4) is 0 Å². The van der Waals surface area contributed by atoms with E-state index in [2.05, 4.69) is 10.1 Å². The number of furan rings is 1. The Morgan fingerprint density at radius 2 is 1.87 bits per heavy atom. The van der Waals surface area contributed by atoms with Crippen molar-refractivity contribution < 1.29 is 37.9 Å². The molecule has 162 valence electrons. The summed E-state index contributed by atoms with van der Waals surface area (Å²) in [6.07, 6.45) is 1.17. The number of carbonyl (C=O) groups is 3. The standard InChI is InChI=1S/C19H17N3O9/c1-28-15-7-10(13(22(26)27)8-16(15)29-2)6-12-17(23)21(19(25)20-12)9-11-4-5-14(31-11)18(24)30-3/h4-8H,9H2,1-3H3,(H,20,25). The molecule has 0 spiro atoms. The summed E-state index contributed by atoms with van der Waals surface area (Å²) in [4.78, 5) is 48.1. The van der Waals surface area contributed by atoms with Gasteiger partial charge in [-0.2, -0.15) is 0 Å². The van der Waals surface area contributed by atoms with Crippen LogP contribution in [0.4, 0.5) is 10.5 Å². The SMILES string of the molecule is COC(=O)c1ccc(CN2C(=O)NC(=Cc3cc(OC)c(OC)cc3[N+](=O)[O-])C2=O)o1. The largest absolute Gasteiger partial charge is 0.493 e. The highest BCUT2D eigenvalue weighted by atomic mass is 16.6. The van der Waals surface area contributed by atoms with E-state index in [-0.39, 0.29) is 46.5 Å². The van der Waals surface area contributed by atoms with Crippen molar-refractivity contribution in [3.05, 3.63) is 57.2 Å². The number of hydrogen-bond acceptors (Lipinski definition) is 9. The number of nitro groups is 1. The number of hydrogen-bond donors (Lipinski definition) is 1. The zero-order chi connectivity index (χ0) is 22.7. The van der Waals surface area contributed by atoms with Crippen LogP contribution in [0.5, 0.6) is 11.5 Å². The molecule has 31 heavy (non-hydrogen) atoms. The number of nitro benzene ring substituents is 1. The highest BCUT2D eigenvalue weighted by Crippen LogP contribution is 2.35. The van der Waals surface area contributed by atoms with E-state index in [1.807, 2.05) is 0 Å². The molecule has 1 fully saturated rings. The Kier molecular flexibility index (Phi) is 5.90. The Bertz CT molecular complexity index is 1100. The van der Waals surface area contributed by atoms with E-state index in [1.165, 1.54) is 45.6 Å². The van der Waals surface area contributed by atoms with Gasteiger partial charge in [0.25, 0.3) is 11.6 Å². The minimum atomic E-state index is -0.754. The number of amides is 3. The number of imide groups is 1. The van der Waals surface area contributed by atoms with Crippen LogP contribution < -0.4 is 14.8 Å². The molecule has 1 aromatic carbocycles. The van der Waals surface area contributed by atoms with Gasteiger partial charge in [0, 0.05) is 0 Å². The van der Waals surface area contributed by atoms with Crippen LogP contribution in [-0.4, -0.2) is 49.1 Å². The van der Waals surface area contributed by atoms with Gasteiger partial charge in [-0.25, -0.2) is 9.59 Å². The van der Waals surface area contributed by atoms with Crippen LogP contribution in [0.25, 0.3) is 6.08 Å². The van der Waals surface area contributed by atoms with E-state index in [4.69, 9.17) is 13.9 Å². The van der Waals surface area contributed by atoms with Crippen LogP contribution in [0.2, 0.25) is 0 Å². The van der Waals surface area contributed by atoms with Crippen LogP contribution in [0.1, 0.15) is 21.9 Å². The summed E-state index contributed by atoms with van der Waals surface area (Å²) in [5.74, 6) is -1.00. The molecule has 2 heterocycles. The summed E-state index contributed by atoms with van der Waals surface area (Å²) in [7, 11) is 3.88. The van der Waals surface area contributed by atoms with Crippen molar-refractivity contribution in [3.63, 3.8) is 0 Å². The summed E-state index contributed by atoms with van der Waals surface area (Å²) in [5, 5.41) is 13.8. The van der Waals surface area contributed by atoms with Crippen molar-refractivity contribution in [3.8, 4) is 11.5 Å². The number of carbonyl (C=O) groups excluding carboxylic acids is 3. The fraction of sp³-hybridized carbons (Fsp3) is 0.211. The molecule has 0 atom stereocenters. The lowest BCUT2D eigenvalue weighted by Gasteiger charge is -2.10. The molecule has 1 saturated heterocycles. The molecule has 1 aliphatic heterocycles. The highest BCUT2D eigenvalue weighted by molar-refractivity contribution is 6.14. The molecule has 3 rings (SSSR count). The molecule has 12 nitrogen and oxygen atoms in total. The highest BCUT2D eigenvalue weighted by Gasteiger charge is 2.35. The van der Waals surface area contributed by atoms with Gasteiger partial charge in [-0.05, 0) is 24.3 Å². The molecule has 0 saturated carbocycles. The van der Waals surface area contributed by atoms with Crippen molar-refractivity contribution in [1.82, 2.24) is 10.2 Å². The summed E-state index contributed by atoms with van der Waals surface area (Å²) in [6, 6.07) is 4.50. The zero-order valence-corrected chi connectivity index (χ0v) is 16.7. The van der Waals surface area contributed by atoms with Gasteiger partial charge in [0.2, 0.25) is 5.76 Å². The number of methoxy groups -OCH3 is 3. The fourth-order valence-corrected chi connectivity index (χ4v) is 2.86. The first-order valence-electron chi connectivity index (χ1n) is 8.71. The van der Waals surface area contributed by atoms with Crippen molar-refractivity contribution in [1.29, 1.82) is 0 Å². The molecule has 12 heteroatoms. The number of rotatable bonds is 7. The minimum Gasteiger partial charge on any atom is -0.493 e. The number of nitrogens with one attached hydrogen (secondary N) is 1. The smallest absolute Gasteiger partial charge is 0.373 e. The maximum Gasteiger partial charge on any atom is 0.373 e. The summed E-state index contributed by atoms with van der Waals surface area (Å²) < 4.78 is 20.0. The second kappa shape index (κ2) is 8.57. The van der Waals surface area contributed by atoms with Crippen LogP contribution in [0, 0.1) is 10.1 Å². The van der Waals surface area contributed by atoms with Gasteiger partial charge < -0.3 is 23.9 Å². The number of urea groups is 1. The van der Waals surface area contributed by atoms with Gasteiger partial charge in [0.05, 0.1) is 44.4 Å². The summed E-state index contributed by atoms with van der Waals surface area (Å²) >= 11 is 0. The van der Waals surface area contributed by atoms with Gasteiger partial charge in [0.1, 0.15) is 11.5 Å². The van der Waals surface area contributed by atoms with E-state index in [1.54, 1.807) is 0 Å². The Morgan fingerprint density at radius 3 is 2.48 bits per heavy atom. The molecule has 2 aromatic rings. The quantitative estimate of drug-likeness (QED) is 0.228. The molecule has 0 aliphatic carbocycles. The minimum absolute atomic E-state index is 0.0270. The number of esters is 1. The fourth-order valence-electron chi connectivity index (χ4n) is 2.86. The summed E-state index contributed by atoms with van der Waals surface area (Å²) in [6.45, 7) is -0.257. The molecule has 1 aliphatic rings. The van der Waals surface area contributed by atoms with Crippen LogP contribution in [-0.2, 0) is 16.1 Å². The average Bonchev–Trinajstić information content (AvgIpc) is 3.33. The van der Waals surface area contributed by atoms with Crippen molar-refractivity contribution in [2.75, 3.05) is 21.3 Å². The van der Waals surface area contributed by atoms with E-state index in [9.17, 15) is 24.5 Å². The third kappa shape index (κ3) is 4.17. The number of benzene rings is 1. The average molecular weight is 431 g/mol. The monoisotopic (exact) mass is 431 g/mol. The van der Waals surface area contributed by atoms with Crippen molar-refractivity contribution in [2.24, 2.45) is 0 Å². The second-order valence-corrected chi connectivity index (χ2v) is 6.16. The van der Waals surface area contributed by atoms with Crippen molar-refractivity contribution >= 4 is 29.7 Å². The van der Waals surface area contributed by atoms with Crippen LogP contribution >= 0.6 is 0 Å². The van der Waals surface area contributed by atoms with Crippen LogP contribution in [0.15, 0.2) is 34.4 Å². The Hall–Kier alpha value is -4.35. The van der Waals surface area contributed by atoms with E-state index in [0.717, 1.165) is 11.0 Å². The van der Waals surface area contributed by atoms with Gasteiger partial charge in [-0.3, -0.25) is 19.8 Å². The Morgan fingerprint density at radius 1 is 1.19 bits per heavy atom. The third-order valence-corrected chi connectivity index (χ3v) is 4.35. The molecular formula is C19H17N3O9. The normalized spacial score (nSPS) is 14.5. The molecule has 0 radical (unpaired) electrons. The first-order valence-corrected chi connectivity index (χ1v) is 8.71. The molecule has 3 amide bonds. The molecular weight excluding hydrogens is 414 g/mol. The zero-order valence-electron chi connectivity index (χ0n) is 16.7. The Balaban J connectivity index is 1.90. The Labute approximate surface area is 175 Å². The molecule has 0 bridgehead atoms. The second-order valence-electron chi connectivity index (χ2n) is 6.16. The third-order valence-electron chi connectivity index (χ3n) is 4.35. The molecule has 1 aromatic heterocycles. The van der Waals surface area contributed by atoms with Crippen molar-refractivity contribution in [2.45, 2.75) is 6.54 Å². The maximum atomic E-state index is 12.7. The van der Waals surface area contributed by atoms with E-state index < -0.39 is 22.8 Å². The number of nitrogens with zero attached hydrogens (tertiary/aromatic N) is 2. The lowest BCUT2D eigenvalue weighted by molar-refractivity contribution is -0.385. The predicted octanol–water partition coefficient (Wildman–Crippen LogP) is 2.08. The first-order chi connectivity index (χ1) is 14.8. The topological polar surface area (TPSA) is 150 Å². The van der Waals surface area contributed by atoms with Gasteiger partial charge >= 0.3 is 12.0 Å². The van der Waals surface area contributed by atoms with E-state index >= 15 is 0 Å². The lowest BCUT2D eigenvalue weighted by atomic mass is 10.1. The molecule has 1 N–H and O–H groups in total. The van der Waals surface area contributed by atoms with Gasteiger partial charge in [-0.15, -0.1) is 0 Å². The lowest BCUT2D eigenvalue weighted by Crippen LogP contribution is -2.30. The number of ether oxygens (including phenoxy) is 3. The predicted molar refractivity (Wildman–Crippen MR) is 103 cm³/mol. The molecule has 0 unspecified atom stereocenters. The van der Waals surface area contributed by atoms with Gasteiger partial charge in [-0.1, -0.05) is 0 Å². The summed E-state index contributed by atoms with van der Waals surface area (Å²) in [5.41, 5.74) is -0.501. The van der Waals surface area contributed by atoms with Gasteiger partial charge in [0.15, 0.2) is 11.5 Å². The van der Waals surface area contributed by atoms with E-state index in [0.29, 0.717) is 0 Å². The maximum absolute atomic E-state index is 12.7.